The van der Waals surface area contributed by atoms with Crippen molar-refractivity contribution in [2.24, 2.45) is 0 Å². The van der Waals surface area contributed by atoms with Gasteiger partial charge in [0.2, 0.25) is 0 Å². The van der Waals surface area contributed by atoms with Crippen LogP contribution in [0, 0.1) is 0 Å². The Hall–Kier alpha value is -1.61. The van der Waals surface area contributed by atoms with E-state index in [1.807, 2.05) is 18.7 Å². The van der Waals surface area contributed by atoms with Gasteiger partial charge >= 0.3 is 0 Å². The highest BCUT2D eigenvalue weighted by Crippen LogP contribution is 2.09. The second kappa shape index (κ2) is 6.36. The number of rotatable bonds is 6. The molecule has 0 aliphatic heterocycles. The Morgan fingerprint density at radius 1 is 1.28 bits per heavy atom. The summed E-state index contributed by atoms with van der Waals surface area (Å²) in [6.07, 6.45) is 6.77. The molecule has 0 fully saturated rings. The fraction of sp³-hybridized carbons (Fsp3) is 0.400. The molecule has 1 atom stereocenters. The van der Waals surface area contributed by atoms with Gasteiger partial charge < -0.3 is 9.88 Å². The summed E-state index contributed by atoms with van der Waals surface area (Å²) in [5, 5.41) is 3.56. The zero-order valence-electron chi connectivity index (χ0n) is 11.1. The molecular weight excluding hydrogens is 222 g/mol. The summed E-state index contributed by atoms with van der Waals surface area (Å²) < 4.78 is 2.10. The average molecular weight is 243 g/mol. The van der Waals surface area contributed by atoms with Crippen molar-refractivity contribution in [3.8, 4) is 0 Å². The molecule has 1 heterocycles. The van der Waals surface area contributed by atoms with Crippen LogP contribution in [0.2, 0.25) is 0 Å². The highest BCUT2D eigenvalue weighted by molar-refractivity contribution is 5.26. The molecule has 1 aromatic carbocycles. The number of imidazole rings is 1. The highest BCUT2D eigenvalue weighted by Gasteiger charge is 2.04. The Balaban J connectivity index is 1.87. The van der Waals surface area contributed by atoms with Gasteiger partial charge in [0.15, 0.2) is 0 Å². The molecule has 1 N–H and O–H groups in total. The minimum absolute atomic E-state index is 0.434. The van der Waals surface area contributed by atoms with Crippen LogP contribution in [0.4, 0.5) is 0 Å². The molecule has 0 aliphatic carbocycles. The van der Waals surface area contributed by atoms with Gasteiger partial charge in [-0.05, 0) is 24.5 Å². The molecule has 0 saturated carbocycles. The number of aryl methyl sites for hydroxylation is 1. The summed E-state index contributed by atoms with van der Waals surface area (Å²) in [6.45, 7) is 6.29. The molecule has 0 saturated heterocycles. The maximum atomic E-state index is 4.06. The van der Waals surface area contributed by atoms with Crippen molar-refractivity contribution < 1.29 is 0 Å². The normalized spacial score (nSPS) is 12.6. The molecule has 0 aliphatic rings. The van der Waals surface area contributed by atoms with Gasteiger partial charge in [0.1, 0.15) is 0 Å². The lowest BCUT2D eigenvalue weighted by molar-refractivity contribution is 0.475. The molecule has 0 amide bonds. The van der Waals surface area contributed by atoms with Crippen LogP contribution in [-0.4, -0.2) is 15.6 Å². The van der Waals surface area contributed by atoms with E-state index in [-0.39, 0.29) is 0 Å². The van der Waals surface area contributed by atoms with E-state index < -0.39 is 0 Å². The van der Waals surface area contributed by atoms with Crippen LogP contribution in [0.5, 0.6) is 0 Å². The van der Waals surface area contributed by atoms with Gasteiger partial charge in [0, 0.05) is 31.5 Å². The van der Waals surface area contributed by atoms with Crippen molar-refractivity contribution in [1.82, 2.24) is 14.9 Å². The fourth-order valence-corrected chi connectivity index (χ4v) is 2.13. The first-order valence-electron chi connectivity index (χ1n) is 6.55. The standard InChI is InChI=1S/C15H21N3/c1-3-14-6-4-5-7-15(14)10-17-13(2)11-18-9-8-16-12-18/h4-9,12-13,17H,3,10-11H2,1-2H3. The molecule has 2 aromatic rings. The van der Waals surface area contributed by atoms with Crippen LogP contribution < -0.4 is 5.32 Å². The van der Waals surface area contributed by atoms with E-state index in [1.165, 1.54) is 11.1 Å². The number of hydrogen-bond donors (Lipinski definition) is 1. The minimum atomic E-state index is 0.434. The van der Waals surface area contributed by atoms with Crippen LogP contribution in [0.3, 0.4) is 0 Å². The summed E-state index contributed by atoms with van der Waals surface area (Å²) >= 11 is 0. The SMILES string of the molecule is CCc1ccccc1CNC(C)Cn1ccnc1. The number of nitrogens with zero attached hydrogens (tertiary/aromatic N) is 2. The van der Waals surface area contributed by atoms with Crippen LogP contribution in [-0.2, 0) is 19.5 Å². The Kier molecular flexibility index (Phi) is 4.53. The van der Waals surface area contributed by atoms with Gasteiger partial charge in [0.05, 0.1) is 6.33 Å². The predicted molar refractivity (Wildman–Crippen MR) is 74.3 cm³/mol. The Bertz CT molecular complexity index is 462. The van der Waals surface area contributed by atoms with Gasteiger partial charge in [-0.2, -0.15) is 0 Å². The van der Waals surface area contributed by atoms with Crippen molar-refractivity contribution >= 4 is 0 Å². The van der Waals surface area contributed by atoms with Crippen molar-refractivity contribution in [3.63, 3.8) is 0 Å². The third-order valence-electron chi connectivity index (χ3n) is 3.18. The van der Waals surface area contributed by atoms with E-state index in [9.17, 15) is 0 Å². The molecule has 1 aromatic heterocycles. The molecule has 0 bridgehead atoms. The molecule has 3 heteroatoms. The van der Waals surface area contributed by atoms with Crippen molar-refractivity contribution in [3.05, 3.63) is 54.1 Å². The van der Waals surface area contributed by atoms with E-state index in [0.29, 0.717) is 6.04 Å². The van der Waals surface area contributed by atoms with Crippen molar-refractivity contribution in [2.45, 2.75) is 39.4 Å². The second-order valence-electron chi connectivity index (χ2n) is 4.66. The first-order chi connectivity index (χ1) is 8.79. The second-order valence-corrected chi connectivity index (χ2v) is 4.66. The Morgan fingerprint density at radius 2 is 2.06 bits per heavy atom. The third-order valence-corrected chi connectivity index (χ3v) is 3.18. The van der Waals surface area contributed by atoms with Crippen molar-refractivity contribution in [2.75, 3.05) is 0 Å². The maximum Gasteiger partial charge on any atom is 0.0946 e. The molecule has 0 radical (unpaired) electrons. The fourth-order valence-electron chi connectivity index (χ4n) is 2.13. The smallest absolute Gasteiger partial charge is 0.0946 e. The number of benzene rings is 1. The van der Waals surface area contributed by atoms with Gasteiger partial charge in [-0.25, -0.2) is 4.98 Å². The lowest BCUT2D eigenvalue weighted by atomic mass is 10.1. The van der Waals surface area contributed by atoms with Crippen LogP contribution in [0.25, 0.3) is 0 Å². The number of hydrogen-bond acceptors (Lipinski definition) is 2. The van der Waals surface area contributed by atoms with Gasteiger partial charge in [-0.15, -0.1) is 0 Å². The van der Waals surface area contributed by atoms with E-state index in [1.54, 1.807) is 0 Å². The van der Waals surface area contributed by atoms with E-state index >= 15 is 0 Å². The highest BCUT2D eigenvalue weighted by atomic mass is 15.1. The lowest BCUT2D eigenvalue weighted by Crippen LogP contribution is -2.29. The maximum absolute atomic E-state index is 4.06. The number of aromatic nitrogens is 2. The predicted octanol–water partition coefficient (Wildman–Crippen LogP) is 2.62. The van der Waals surface area contributed by atoms with E-state index in [2.05, 4.69) is 53.0 Å². The first kappa shape index (κ1) is 12.8. The molecule has 3 nitrogen and oxygen atoms in total. The van der Waals surface area contributed by atoms with Crippen molar-refractivity contribution in [1.29, 1.82) is 0 Å². The molecule has 0 spiro atoms. The lowest BCUT2D eigenvalue weighted by Gasteiger charge is -2.16. The zero-order chi connectivity index (χ0) is 12.8. The average Bonchev–Trinajstić information content (AvgIpc) is 2.89. The summed E-state index contributed by atoms with van der Waals surface area (Å²) in [5.74, 6) is 0. The van der Waals surface area contributed by atoms with Crippen LogP contribution in [0.15, 0.2) is 43.0 Å². The number of nitrogens with one attached hydrogen (secondary N) is 1. The first-order valence-corrected chi connectivity index (χ1v) is 6.55. The summed E-state index contributed by atoms with van der Waals surface area (Å²) in [4.78, 5) is 4.06. The summed E-state index contributed by atoms with van der Waals surface area (Å²) in [7, 11) is 0. The molecule has 1 unspecified atom stereocenters. The molecule has 18 heavy (non-hydrogen) atoms. The Morgan fingerprint density at radius 3 is 2.72 bits per heavy atom. The minimum Gasteiger partial charge on any atom is -0.336 e. The van der Waals surface area contributed by atoms with E-state index in [0.717, 1.165) is 19.5 Å². The van der Waals surface area contributed by atoms with Gasteiger partial charge in [-0.3, -0.25) is 0 Å². The summed E-state index contributed by atoms with van der Waals surface area (Å²) in [5.41, 5.74) is 2.83. The largest absolute Gasteiger partial charge is 0.336 e. The molecule has 96 valence electrons. The topological polar surface area (TPSA) is 29.9 Å². The zero-order valence-corrected chi connectivity index (χ0v) is 11.1. The van der Waals surface area contributed by atoms with Gasteiger partial charge in [0.25, 0.3) is 0 Å². The third kappa shape index (κ3) is 3.44. The quantitative estimate of drug-likeness (QED) is 0.845. The van der Waals surface area contributed by atoms with E-state index in [4.69, 9.17) is 0 Å². The Labute approximate surface area is 109 Å². The van der Waals surface area contributed by atoms with Crippen LogP contribution in [0.1, 0.15) is 25.0 Å². The van der Waals surface area contributed by atoms with Crippen LogP contribution >= 0.6 is 0 Å². The summed E-state index contributed by atoms with van der Waals surface area (Å²) in [6, 6.07) is 9.06. The molecular formula is C15H21N3. The molecule has 2 rings (SSSR count). The van der Waals surface area contributed by atoms with Gasteiger partial charge in [-0.1, -0.05) is 31.2 Å². The monoisotopic (exact) mass is 243 g/mol.